The molecule has 0 spiro atoms. The number of pyridine rings is 1. The van der Waals surface area contributed by atoms with Crippen LogP contribution >= 0.6 is 0 Å². The Balaban J connectivity index is 2.03. The third-order valence-electron chi connectivity index (χ3n) is 3.22. The number of hydrogen-bond acceptors (Lipinski definition) is 4. The van der Waals surface area contributed by atoms with Crippen molar-refractivity contribution in [2.45, 2.75) is 6.61 Å². The van der Waals surface area contributed by atoms with Crippen LogP contribution in [0, 0.1) is 0 Å². The van der Waals surface area contributed by atoms with E-state index in [1.807, 2.05) is 30.3 Å². The Bertz CT molecular complexity index is 812. The van der Waals surface area contributed by atoms with Crippen molar-refractivity contribution in [1.29, 1.82) is 0 Å². The molecule has 0 fully saturated rings. The smallest absolute Gasteiger partial charge is 0.356 e. The van der Waals surface area contributed by atoms with Gasteiger partial charge in [0.25, 0.3) is 0 Å². The molecule has 1 aromatic carbocycles. The highest BCUT2D eigenvalue weighted by Gasteiger charge is 2.19. The summed E-state index contributed by atoms with van der Waals surface area (Å²) >= 11 is 0. The lowest BCUT2D eigenvalue weighted by atomic mass is 10.3. The van der Waals surface area contributed by atoms with Crippen LogP contribution in [0.15, 0.2) is 48.5 Å². The fourth-order valence-electron chi connectivity index (χ4n) is 2.25. The molecule has 0 atom stereocenters. The first-order valence-corrected chi connectivity index (χ1v) is 6.66. The lowest BCUT2D eigenvalue weighted by Crippen LogP contribution is -2.03. The number of carbonyl (C=O) groups is 1. The fraction of sp³-hybridized carbons (Fsp3) is 0.125. The molecule has 1 N–H and O–H groups in total. The molecule has 0 bridgehead atoms. The number of para-hydroxylation sites is 1. The summed E-state index contributed by atoms with van der Waals surface area (Å²) in [5.41, 5.74) is 0.448. The van der Waals surface area contributed by atoms with Gasteiger partial charge in [0, 0.05) is 0 Å². The van der Waals surface area contributed by atoms with Crippen LogP contribution in [-0.4, -0.2) is 27.6 Å². The molecule has 3 aromatic rings. The van der Waals surface area contributed by atoms with Gasteiger partial charge in [0.05, 0.1) is 12.6 Å². The van der Waals surface area contributed by atoms with E-state index in [9.17, 15) is 9.90 Å². The van der Waals surface area contributed by atoms with Crippen LogP contribution in [-0.2, 0) is 6.61 Å². The van der Waals surface area contributed by atoms with E-state index in [0.29, 0.717) is 23.0 Å². The number of imidazole rings is 1. The lowest BCUT2D eigenvalue weighted by molar-refractivity contribution is 0.0693. The molecule has 3 rings (SSSR count). The van der Waals surface area contributed by atoms with Crippen molar-refractivity contribution in [2.75, 3.05) is 7.11 Å². The number of aromatic carboxylic acids is 1. The van der Waals surface area contributed by atoms with Gasteiger partial charge < -0.3 is 14.6 Å². The molecule has 2 heterocycles. The normalized spacial score (nSPS) is 10.6. The topological polar surface area (TPSA) is 73.1 Å². The minimum Gasteiger partial charge on any atom is -0.486 e. The van der Waals surface area contributed by atoms with Crippen LogP contribution in [0.3, 0.4) is 0 Å². The van der Waals surface area contributed by atoms with Gasteiger partial charge in [-0.25, -0.2) is 9.78 Å². The Morgan fingerprint density at radius 2 is 1.95 bits per heavy atom. The van der Waals surface area contributed by atoms with Crippen molar-refractivity contribution < 1.29 is 19.4 Å². The molecule has 0 radical (unpaired) electrons. The second kappa shape index (κ2) is 5.77. The van der Waals surface area contributed by atoms with Gasteiger partial charge in [-0.15, -0.1) is 0 Å². The van der Waals surface area contributed by atoms with Crippen molar-refractivity contribution in [3.63, 3.8) is 0 Å². The Morgan fingerprint density at radius 3 is 2.64 bits per heavy atom. The highest BCUT2D eigenvalue weighted by Crippen LogP contribution is 2.22. The maximum absolute atomic E-state index is 11.3. The summed E-state index contributed by atoms with van der Waals surface area (Å²) in [5, 5.41) is 9.29. The Labute approximate surface area is 126 Å². The maximum Gasteiger partial charge on any atom is 0.356 e. The number of rotatable bonds is 5. The minimum atomic E-state index is -1.09. The lowest BCUT2D eigenvalue weighted by Gasteiger charge is -2.08. The summed E-state index contributed by atoms with van der Waals surface area (Å²) < 4.78 is 12.6. The van der Waals surface area contributed by atoms with Gasteiger partial charge in [-0.2, -0.15) is 0 Å². The molecular weight excluding hydrogens is 284 g/mol. The number of carboxylic acid groups (broad SMARTS) is 1. The van der Waals surface area contributed by atoms with E-state index in [-0.39, 0.29) is 12.3 Å². The van der Waals surface area contributed by atoms with Gasteiger partial charge in [0.1, 0.15) is 12.4 Å². The van der Waals surface area contributed by atoms with Gasteiger partial charge in [0.2, 0.25) is 0 Å². The van der Waals surface area contributed by atoms with Crippen LogP contribution in [0.25, 0.3) is 5.52 Å². The van der Waals surface area contributed by atoms with Gasteiger partial charge >= 0.3 is 5.97 Å². The van der Waals surface area contributed by atoms with Crippen LogP contribution in [0.2, 0.25) is 0 Å². The molecule has 0 saturated heterocycles. The molecule has 22 heavy (non-hydrogen) atoms. The van der Waals surface area contributed by atoms with Crippen molar-refractivity contribution in [1.82, 2.24) is 9.38 Å². The Hall–Kier alpha value is -3.02. The molecule has 6 heteroatoms. The molecule has 2 aromatic heterocycles. The van der Waals surface area contributed by atoms with Gasteiger partial charge in [-0.3, -0.25) is 4.40 Å². The van der Waals surface area contributed by atoms with E-state index in [4.69, 9.17) is 9.47 Å². The van der Waals surface area contributed by atoms with Crippen molar-refractivity contribution in [2.24, 2.45) is 0 Å². The number of ether oxygens (including phenoxy) is 2. The van der Waals surface area contributed by atoms with Crippen LogP contribution in [0.1, 0.15) is 16.3 Å². The van der Waals surface area contributed by atoms with E-state index >= 15 is 0 Å². The summed E-state index contributed by atoms with van der Waals surface area (Å²) in [7, 11) is 1.52. The standard InChI is InChI=1S/C16H14N2O4/c1-21-14-9-5-8-12-15(16(19)20)17-13(18(12)14)10-22-11-6-3-2-4-7-11/h2-9H,10H2,1H3,(H,19,20). The zero-order chi connectivity index (χ0) is 15.5. The molecule has 112 valence electrons. The van der Waals surface area contributed by atoms with Gasteiger partial charge in [-0.1, -0.05) is 24.3 Å². The average molecular weight is 298 g/mol. The van der Waals surface area contributed by atoms with Crippen molar-refractivity contribution in [3.05, 3.63) is 60.0 Å². The van der Waals surface area contributed by atoms with E-state index < -0.39 is 5.97 Å². The van der Waals surface area contributed by atoms with Crippen molar-refractivity contribution in [3.8, 4) is 11.6 Å². The first-order chi connectivity index (χ1) is 10.7. The predicted octanol–water partition coefficient (Wildman–Crippen LogP) is 2.62. The highest BCUT2D eigenvalue weighted by atomic mass is 16.5. The van der Waals surface area contributed by atoms with Crippen molar-refractivity contribution >= 4 is 11.5 Å². The molecule has 0 saturated carbocycles. The van der Waals surface area contributed by atoms with Crippen LogP contribution in [0.4, 0.5) is 0 Å². The average Bonchev–Trinajstić information content (AvgIpc) is 2.93. The molecule has 6 nitrogen and oxygen atoms in total. The quantitative estimate of drug-likeness (QED) is 0.784. The van der Waals surface area contributed by atoms with Crippen LogP contribution < -0.4 is 9.47 Å². The molecule has 0 aliphatic carbocycles. The number of benzene rings is 1. The SMILES string of the molecule is COc1cccc2c(C(=O)O)nc(COc3ccccc3)n12. The Morgan fingerprint density at radius 1 is 1.18 bits per heavy atom. The minimum absolute atomic E-state index is 0.0226. The summed E-state index contributed by atoms with van der Waals surface area (Å²) in [6.07, 6.45) is 0. The number of aromatic nitrogens is 2. The number of nitrogens with zero attached hydrogens (tertiary/aromatic N) is 2. The summed E-state index contributed by atoms with van der Waals surface area (Å²) in [6, 6.07) is 14.4. The third-order valence-corrected chi connectivity index (χ3v) is 3.22. The summed E-state index contributed by atoms with van der Waals surface area (Å²) in [6.45, 7) is 0.138. The molecule has 0 unspecified atom stereocenters. The van der Waals surface area contributed by atoms with Gasteiger partial charge in [0.15, 0.2) is 17.4 Å². The van der Waals surface area contributed by atoms with E-state index in [1.165, 1.54) is 7.11 Å². The van der Waals surface area contributed by atoms with Crippen LogP contribution in [0.5, 0.6) is 11.6 Å². The highest BCUT2D eigenvalue weighted by molar-refractivity contribution is 5.93. The molecule has 0 amide bonds. The van der Waals surface area contributed by atoms with E-state index in [1.54, 1.807) is 22.6 Å². The van der Waals surface area contributed by atoms with E-state index in [2.05, 4.69) is 4.98 Å². The molecule has 0 aliphatic rings. The fourth-order valence-corrected chi connectivity index (χ4v) is 2.25. The largest absolute Gasteiger partial charge is 0.486 e. The zero-order valence-electron chi connectivity index (χ0n) is 11.9. The maximum atomic E-state index is 11.3. The third kappa shape index (κ3) is 2.46. The number of hydrogen-bond donors (Lipinski definition) is 1. The van der Waals surface area contributed by atoms with E-state index in [0.717, 1.165) is 0 Å². The summed E-state index contributed by atoms with van der Waals surface area (Å²) in [5.74, 6) is 0.570. The predicted molar refractivity (Wildman–Crippen MR) is 79.5 cm³/mol. The Kier molecular flexibility index (Phi) is 3.65. The van der Waals surface area contributed by atoms with Gasteiger partial charge in [-0.05, 0) is 24.3 Å². The monoisotopic (exact) mass is 298 g/mol. The molecule has 0 aliphatic heterocycles. The number of fused-ring (bicyclic) bond motifs is 1. The zero-order valence-corrected chi connectivity index (χ0v) is 11.9. The molecular formula is C16H14N2O4. The summed E-state index contributed by atoms with van der Waals surface area (Å²) in [4.78, 5) is 15.5. The second-order valence-corrected chi connectivity index (χ2v) is 4.57. The first kappa shape index (κ1) is 13.9. The first-order valence-electron chi connectivity index (χ1n) is 6.66. The number of carboxylic acids is 1. The number of methoxy groups -OCH3 is 1. The second-order valence-electron chi connectivity index (χ2n) is 4.57.